The van der Waals surface area contributed by atoms with Gasteiger partial charge in [-0.1, -0.05) is 0 Å². The first kappa shape index (κ1) is 9.15. The van der Waals surface area contributed by atoms with Gasteiger partial charge in [0.1, 0.15) is 5.75 Å². The lowest BCUT2D eigenvalue weighted by Crippen LogP contribution is -2.10. The molecule has 0 unspecified atom stereocenters. The van der Waals surface area contributed by atoms with Crippen molar-refractivity contribution in [3.05, 3.63) is 17.7 Å². The maximum atomic E-state index is 9.66. The number of fused-ring (bicyclic) bond motifs is 1. The smallest absolute Gasteiger partial charge is 0.231 e. The number of rotatable bonds is 2. The number of nitrogens with zero attached hydrogens (tertiary/aromatic N) is 1. The van der Waals surface area contributed by atoms with Gasteiger partial charge >= 0.3 is 0 Å². The molecule has 76 valence electrons. The predicted molar refractivity (Wildman–Crippen MR) is 51.6 cm³/mol. The zero-order valence-electron chi connectivity index (χ0n) is 8.28. The molecule has 0 radical (unpaired) electrons. The number of ether oxygens (including phenoxy) is 2. The van der Waals surface area contributed by atoms with E-state index in [1.54, 1.807) is 6.07 Å². The SMILES string of the molecule is CN(C)Cc1cc2c(cc1O)OCO2. The maximum Gasteiger partial charge on any atom is 0.231 e. The van der Waals surface area contributed by atoms with E-state index in [9.17, 15) is 5.11 Å². The van der Waals surface area contributed by atoms with E-state index in [4.69, 9.17) is 9.47 Å². The molecule has 0 bridgehead atoms. The Kier molecular flexibility index (Phi) is 2.21. The van der Waals surface area contributed by atoms with E-state index in [0.717, 1.165) is 5.56 Å². The van der Waals surface area contributed by atoms with Crippen LogP contribution in [0.1, 0.15) is 5.56 Å². The Morgan fingerprint density at radius 1 is 1.29 bits per heavy atom. The summed E-state index contributed by atoms with van der Waals surface area (Å²) in [6.45, 7) is 0.919. The molecule has 1 N–H and O–H groups in total. The first-order valence-corrected chi connectivity index (χ1v) is 4.43. The molecule has 2 rings (SSSR count). The van der Waals surface area contributed by atoms with Crippen LogP contribution in [0.2, 0.25) is 0 Å². The zero-order valence-corrected chi connectivity index (χ0v) is 8.28. The third kappa shape index (κ3) is 1.61. The molecular weight excluding hydrogens is 182 g/mol. The van der Waals surface area contributed by atoms with Crippen molar-refractivity contribution < 1.29 is 14.6 Å². The summed E-state index contributed by atoms with van der Waals surface area (Å²) in [7, 11) is 3.90. The van der Waals surface area contributed by atoms with Crippen LogP contribution < -0.4 is 9.47 Å². The van der Waals surface area contributed by atoms with Gasteiger partial charge in [-0.3, -0.25) is 0 Å². The number of phenolic OH excluding ortho intramolecular Hbond substituents is 1. The van der Waals surface area contributed by atoms with Crippen LogP contribution in [-0.4, -0.2) is 30.9 Å². The third-order valence-corrected chi connectivity index (χ3v) is 2.06. The number of aromatic hydroxyl groups is 1. The predicted octanol–water partition coefficient (Wildman–Crippen LogP) is 1.18. The number of hydrogen-bond acceptors (Lipinski definition) is 4. The van der Waals surface area contributed by atoms with Crippen molar-refractivity contribution >= 4 is 0 Å². The molecule has 0 spiro atoms. The molecule has 0 amide bonds. The van der Waals surface area contributed by atoms with Crippen molar-refractivity contribution in [3.63, 3.8) is 0 Å². The second-order valence-electron chi connectivity index (χ2n) is 3.57. The fraction of sp³-hybridized carbons (Fsp3) is 0.400. The Labute approximate surface area is 82.7 Å². The van der Waals surface area contributed by atoms with Crippen LogP contribution in [0.3, 0.4) is 0 Å². The summed E-state index contributed by atoms with van der Waals surface area (Å²) in [5, 5.41) is 9.66. The van der Waals surface area contributed by atoms with E-state index in [2.05, 4.69) is 0 Å². The van der Waals surface area contributed by atoms with Gasteiger partial charge in [-0.25, -0.2) is 0 Å². The molecule has 4 heteroatoms. The number of benzene rings is 1. The largest absolute Gasteiger partial charge is 0.507 e. The van der Waals surface area contributed by atoms with Gasteiger partial charge in [0.05, 0.1) is 0 Å². The molecule has 4 nitrogen and oxygen atoms in total. The van der Waals surface area contributed by atoms with E-state index in [1.165, 1.54) is 0 Å². The molecule has 0 fully saturated rings. The van der Waals surface area contributed by atoms with Gasteiger partial charge in [-0.15, -0.1) is 0 Å². The monoisotopic (exact) mass is 195 g/mol. The second-order valence-corrected chi connectivity index (χ2v) is 3.57. The van der Waals surface area contributed by atoms with E-state index < -0.39 is 0 Å². The van der Waals surface area contributed by atoms with Crippen LogP contribution in [0.5, 0.6) is 17.2 Å². The first-order chi connectivity index (χ1) is 6.66. The number of hydrogen-bond donors (Lipinski definition) is 1. The molecule has 1 heterocycles. The molecule has 0 aromatic heterocycles. The lowest BCUT2D eigenvalue weighted by atomic mass is 10.1. The Morgan fingerprint density at radius 3 is 2.57 bits per heavy atom. The lowest BCUT2D eigenvalue weighted by Gasteiger charge is -2.11. The van der Waals surface area contributed by atoms with E-state index >= 15 is 0 Å². The molecule has 1 aromatic rings. The standard InChI is InChI=1S/C10H13NO3/c1-11(2)5-7-3-9-10(4-8(7)12)14-6-13-9/h3-4,12H,5-6H2,1-2H3. The van der Waals surface area contributed by atoms with Crippen molar-refractivity contribution in [1.29, 1.82) is 0 Å². The van der Waals surface area contributed by atoms with Crippen LogP contribution in [-0.2, 0) is 6.54 Å². The normalized spacial score (nSPS) is 13.6. The number of phenols is 1. The van der Waals surface area contributed by atoms with Gasteiger partial charge in [-0.2, -0.15) is 0 Å². The summed E-state index contributed by atoms with van der Waals surface area (Å²) >= 11 is 0. The molecule has 0 atom stereocenters. The maximum absolute atomic E-state index is 9.66. The molecule has 14 heavy (non-hydrogen) atoms. The van der Waals surface area contributed by atoms with Crippen molar-refractivity contribution in [2.24, 2.45) is 0 Å². The minimum Gasteiger partial charge on any atom is -0.507 e. The highest BCUT2D eigenvalue weighted by Crippen LogP contribution is 2.37. The van der Waals surface area contributed by atoms with Crippen molar-refractivity contribution in [2.75, 3.05) is 20.9 Å². The quantitative estimate of drug-likeness (QED) is 0.769. The first-order valence-electron chi connectivity index (χ1n) is 4.43. The highest BCUT2D eigenvalue weighted by molar-refractivity contribution is 5.51. The van der Waals surface area contributed by atoms with Crippen molar-refractivity contribution in [1.82, 2.24) is 4.90 Å². The van der Waals surface area contributed by atoms with E-state index in [1.807, 2.05) is 25.1 Å². The Morgan fingerprint density at radius 2 is 1.93 bits per heavy atom. The summed E-state index contributed by atoms with van der Waals surface area (Å²) < 4.78 is 10.4. The van der Waals surface area contributed by atoms with Gasteiger partial charge in [0.2, 0.25) is 6.79 Å². The highest BCUT2D eigenvalue weighted by Gasteiger charge is 2.16. The summed E-state index contributed by atoms with van der Waals surface area (Å²) in [6, 6.07) is 3.42. The fourth-order valence-electron chi connectivity index (χ4n) is 1.44. The van der Waals surface area contributed by atoms with Gasteiger partial charge in [0.15, 0.2) is 11.5 Å². The Hall–Kier alpha value is -1.42. The van der Waals surface area contributed by atoms with Crippen molar-refractivity contribution in [2.45, 2.75) is 6.54 Å². The van der Waals surface area contributed by atoms with Gasteiger partial charge < -0.3 is 19.5 Å². The summed E-state index contributed by atoms with van der Waals surface area (Å²) in [5.74, 6) is 1.58. The fourth-order valence-corrected chi connectivity index (χ4v) is 1.44. The average Bonchev–Trinajstić information content (AvgIpc) is 2.51. The van der Waals surface area contributed by atoms with Gasteiger partial charge in [0.25, 0.3) is 0 Å². The van der Waals surface area contributed by atoms with Gasteiger partial charge in [-0.05, 0) is 20.2 Å². The average molecular weight is 195 g/mol. The molecule has 1 aromatic carbocycles. The molecule has 0 saturated carbocycles. The zero-order chi connectivity index (χ0) is 10.1. The van der Waals surface area contributed by atoms with Crippen molar-refractivity contribution in [3.8, 4) is 17.2 Å². The Bertz CT molecular complexity index is 349. The second kappa shape index (κ2) is 3.38. The van der Waals surface area contributed by atoms with E-state index in [-0.39, 0.29) is 12.5 Å². The molecule has 0 aliphatic carbocycles. The lowest BCUT2D eigenvalue weighted by molar-refractivity contribution is 0.174. The molecule has 1 aliphatic rings. The summed E-state index contributed by atoms with van der Waals surface area (Å²) in [5.41, 5.74) is 0.847. The van der Waals surface area contributed by atoms with Crippen LogP contribution in [0.4, 0.5) is 0 Å². The summed E-state index contributed by atoms with van der Waals surface area (Å²) in [6.07, 6.45) is 0. The highest BCUT2D eigenvalue weighted by atomic mass is 16.7. The molecule has 0 saturated heterocycles. The van der Waals surface area contributed by atoms with E-state index in [0.29, 0.717) is 18.0 Å². The third-order valence-electron chi connectivity index (χ3n) is 2.06. The van der Waals surface area contributed by atoms with Crippen LogP contribution in [0, 0.1) is 0 Å². The van der Waals surface area contributed by atoms with Crippen LogP contribution in [0.25, 0.3) is 0 Å². The van der Waals surface area contributed by atoms with Crippen LogP contribution in [0.15, 0.2) is 12.1 Å². The summed E-state index contributed by atoms with van der Waals surface area (Å²) in [4.78, 5) is 1.98. The van der Waals surface area contributed by atoms with Gasteiger partial charge in [0, 0.05) is 18.2 Å². The Balaban J connectivity index is 2.32. The topological polar surface area (TPSA) is 41.9 Å². The minimum absolute atomic E-state index is 0.236. The van der Waals surface area contributed by atoms with Crippen LogP contribution >= 0.6 is 0 Å². The minimum atomic E-state index is 0.236. The molecule has 1 aliphatic heterocycles. The molecular formula is C10H13NO3.